The Kier molecular flexibility index (Phi) is 13.8. The molecule has 0 bridgehead atoms. The fraction of sp³-hybridized carbons (Fsp3) is 0.333. The van der Waals surface area contributed by atoms with Crippen molar-refractivity contribution < 1.29 is 37.8 Å². The molecule has 0 atom stereocenters. The van der Waals surface area contributed by atoms with Gasteiger partial charge in [-0.05, 0) is 0 Å². The van der Waals surface area contributed by atoms with Crippen molar-refractivity contribution >= 4 is 0 Å². The summed E-state index contributed by atoms with van der Waals surface area (Å²) in [7, 11) is 3.50. The number of nitrogens with zero attached hydrogens (tertiary/aromatic N) is 1. The molecule has 3 heteroatoms. The van der Waals surface area contributed by atoms with Gasteiger partial charge in [-0.3, -0.25) is 0 Å². The van der Waals surface area contributed by atoms with Crippen LogP contribution in [0.15, 0.2) is 24.3 Å². The summed E-state index contributed by atoms with van der Waals surface area (Å²) in [6, 6.07) is 10.1. The van der Waals surface area contributed by atoms with Crippen molar-refractivity contribution in [3.63, 3.8) is 0 Å². The van der Waals surface area contributed by atoms with E-state index in [4.69, 9.17) is 5.11 Å². The molecular weight excluding hydrogens is 227 g/mol. The van der Waals surface area contributed by atoms with Gasteiger partial charge in [-0.15, -0.1) is 5.56 Å². The molecule has 0 aromatic heterocycles. The van der Waals surface area contributed by atoms with Crippen molar-refractivity contribution in [3.8, 4) is 0 Å². The third-order valence-electron chi connectivity index (χ3n) is 0.970. The molecule has 2 nitrogen and oxygen atoms in total. The number of hydrogen-bond donors (Lipinski definition) is 1. The van der Waals surface area contributed by atoms with Crippen LogP contribution in [0.25, 0.3) is 5.32 Å². The van der Waals surface area contributed by atoms with Crippen molar-refractivity contribution in [3.05, 3.63) is 41.2 Å². The average Bonchev–Trinajstić information content (AvgIpc) is 2.08. The average molecular weight is 240 g/mol. The van der Waals surface area contributed by atoms with Crippen LogP contribution in [0.5, 0.6) is 0 Å². The number of aliphatic hydroxyl groups is 1. The number of benzene rings is 1. The minimum atomic E-state index is 0. The minimum absolute atomic E-state index is 0. The number of hydrogen-bond acceptors (Lipinski definition) is 1. The predicted molar refractivity (Wildman–Crippen MR) is 46.4 cm³/mol. The minimum Gasteiger partial charge on any atom is -0.668 e. The van der Waals surface area contributed by atoms with Gasteiger partial charge in [0.15, 0.2) is 0 Å². The van der Waals surface area contributed by atoms with Gasteiger partial charge in [0.1, 0.15) is 0 Å². The molecule has 1 aromatic rings. The zero-order chi connectivity index (χ0) is 8.53. The van der Waals surface area contributed by atoms with Crippen LogP contribution in [0.1, 0.15) is 5.56 Å². The van der Waals surface area contributed by atoms with E-state index < -0.39 is 0 Å². The second-order valence-electron chi connectivity index (χ2n) is 2.01. The first-order valence-corrected chi connectivity index (χ1v) is 3.39. The molecule has 0 saturated carbocycles. The summed E-state index contributed by atoms with van der Waals surface area (Å²) in [5, 5.41) is 12.0. The maximum Gasteiger partial charge on any atom is 0.0461 e. The topological polar surface area (TPSA) is 34.3 Å². The number of rotatable bonds is 1. The van der Waals surface area contributed by atoms with E-state index in [1.807, 2.05) is 12.1 Å². The van der Waals surface area contributed by atoms with Crippen molar-refractivity contribution in [1.82, 2.24) is 0 Å². The zero-order valence-corrected chi connectivity index (χ0v) is 10.3. The molecule has 0 heterocycles. The summed E-state index contributed by atoms with van der Waals surface area (Å²) in [6.07, 6.45) is 0. The molecule has 1 radical (unpaired) electrons. The van der Waals surface area contributed by atoms with Crippen LogP contribution in [0.2, 0.25) is 0 Å². The van der Waals surface area contributed by atoms with Gasteiger partial charge in [0.2, 0.25) is 0 Å². The van der Waals surface area contributed by atoms with Gasteiger partial charge >= 0.3 is 0 Å². The molecule has 0 saturated heterocycles. The second-order valence-corrected chi connectivity index (χ2v) is 2.01. The molecule has 12 heavy (non-hydrogen) atoms. The summed E-state index contributed by atoms with van der Waals surface area (Å²) >= 11 is 0. The van der Waals surface area contributed by atoms with Crippen molar-refractivity contribution in [1.29, 1.82) is 0 Å². The molecule has 0 unspecified atom stereocenters. The van der Waals surface area contributed by atoms with Crippen molar-refractivity contribution in [2.45, 2.75) is 6.61 Å². The molecule has 1 aromatic carbocycles. The quantitative estimate of drug-likeness (QED) is 0.743. The number of aliphatic hydroxyl groups excluding tert-OH is 1. The molecule has 0 amide bonds. The van der Waals surface area contributed by atoms with Gasteiger partial charge in [-0.2, -0.15) is 44.4 Å². The van der Waals surface area contributed by atoms with E-state index in [0.29, 0.717) is 0 Å². The van der Waals surface area contributed by atoms with Crippen LogP contribution in [-0.2, 0) is 39.3 Å². The molecule has 0 spiro atoms. The SMILES string of the molecule is C[N-]C.OCc1cc[c-]cc1.[Y]. The Hall–Kier alpha value is 0.244. The summed E-state index contributed by atoms with van der Waals surface area (Å²) in [5.74, 6) is 0. The molecule has 65 valence electrons. The Labute approximate surface area is 99.3 Å². The monoisotopic (exact) mass is 240 g/mol. The Balaban J connectivity index is 0. The van der Waals surface area contributed by atoms with Crippen LogP contribution in [0, 0.1) is 6.07 Å². The van der Waals surface area contributed by atoms with E-state index in [1.165, 1.54) is 0 Å². The van der Waals surface area contributed by atoms with E-state index in [9.17, 15) is 0 Å². The van der Waals surface area contributed by atoms with E-state index in [0.717, 1.165) is 5.56 Å². The van der Waals surface area contributed by atoms with E-state index in [-0.39, 0.29) is 39.3 Å². The summed E-state index contributed by atoms with van der Waals surface area (Å²) in [4.78, 5) is 0. The van der Waals surface area contributed by atoms with Crippen LogP contribution < -0.4 is 0 Å². The maximum absolute atomic E-state index is 8.52. The first-order valence-electron chi connectivity index (χ1n) is 3.39. The fourth-order valence-corrected chi connectivity index (χ4v) is 0.527. The van der Waals surface area contributed by atoms with Gasteiger partial charge in [0, 0.05) is 39.3 Å². The Morgan fingerprint density at radius 3 is 2.00 bits per heavy atom. The van der Waals surface area contributed by atoms with Gasteiger partial charge in [0.05, 0.1) is 0 Å². The van der Waals surface area contributed by atoms with Gasteiger partial charge in [-0.1, -0.05) is 0 Å². The van der Waals surface area contributed by atoms with Crippen LogP contribution in [0.3, 0.4) is 0 Å². The van der Waals surface area contributed by atoms with E-state index >= 15 is 0 Å². The Morgan fingerprint density at radius 2 is 1.75 bits per heavy atom. The largest absolute Gasteiger partial charge is 0.668 e. The summed E-state index contributed by atoms with van der Waals surface area (Å²) < 4.78 is 0. The standard InChI is InChI=1S/C7H7O.C2H6N.Y/c8-6-7-4-2-1-3-5-7;1-3-2;/h2-5,8H,6H2;1-2H3;/q2*-1;. The second kappa shape index (κ2) is 11.2. The molecule has 1 N–H and O–H groups in total. The van der Waals surface area contributed by atoms with Gasteiger partial charge in [0.25, 0.3) is 0 Å². The predicted octanol–water partition coefficient (Wildman–Crippen LogP) is 1.60. The van der Waals surface area contributed by atoms with E-state index in [1.54, 1.807) is 26.2 Å². The molecule has 0 fully saturated rings. The van der Waals surface area contributed by atoms with Gasteiger partial charge in [-0.25, -0.2) is 0 Å². The normalized spacial score (nSPS) is 7.58. The molecule has 0 aliphatic rings. The smallest absolute Gasteiger partial charge is 0.0461 e. The third kappa shape index (κ3) is 8.34. The summed E-state index contributed by atoms with van der Waals surface area (Å²) in [5.41, 5.74) is 0.934. The Bertz CT molecular complexity index is 167. The zero-order valence-electron chi connectivity index (χ0n) is 7.49. The molecule has 0 aliphatic heterocycles. The molecule has 0 aliphatic carbocycles. The third-order valence-corrected chi connectivity index (χ3v) is 0.970. The fourth-order valence-electron chi connectivity index (χ4n) is 0.527. The summed E-state index contributed by atoms with van der Waals surface area (Å²) in [6.45, 7) is 0.120. The Morgan fingerprint density at radius 1 is 1.33 bits per heavy atom. The first-order chi connectivity index (χ1) is 5.35. The van der Waals surface area contributed by atoms with Crippen LogP contribution in [-0.4, -0.2) is 19.2 Å². The van der Waals surface area contributed by atoms with Crippen LogP contribution >= 0.6 is 0 Å². The van der Waals surface area contributed by atoms with Crippen LogP contribution in [0.4, 0.5) is 0 Å². The van der Waals surface area contributed by atoms with Gasteiger partial charge < -0.3 is 10.4 Å². The first kappa shape index (κ1) is 14.8. The van der Waals surface area contributed by atoms with E-state index in [2.05, 4.69) is 11.4 Å². The van der Waals surface area contributed by atoms with Crippen molar-refractivity contribution in [2.75, 3.05) is 14.1 Å². The molecular formula is C9H13NOY-2. The molecule has 1 rings (SSSR count). The maximum atomic E-state index is 8.52. The van der Waals surface area contributed by atoms with Crippen molar-refractivity contribution in [2.24, 2.45) is 0 Å².